The summed E-state index contributed by atoms with van der Waals surface area (Å²) < 4.78 is 6.50. The van der Waals surface area contributed by atoms with Crippen LogP contribution in [0.1, 0.15) is 0 Å². The van der Waals surface area contributed by atoms with E-state index in [0.29, 0.717) is 0 Å². The first-order chi connectivity index (χ1) is 23.3. The second kappa shape index (κ2) is 10.1. The molecule has 10 rings (SSSR count). The number of nitrogens with zero attached hydrogens (tertiary/aromatic N) is 1. The minimum Gasteiger partial charge on any atom is -0.456 e. The van der Waals surface area contributed by atoms with E-state index >= 15 is 0 Å². The molecule has 47 heavy (non-hydrogen) atoms. The highest BCUT2D eigenvalue weighted by Crippen LogP contribution is 2.49. The maximum absolute atomic E-state index is 6.50. The van der Waals surface area contributed by atoms with Gasteiger partial charge in [-0.2, -0.15) is 0 Å². The average Bonchev–Trinajstić information content (AvgIpc) is 3.69. The highest BCUT2D eigenvalue weighted by atomic mass is 16.3. The first kappa shape index (κ1) is 26.0. The van der Waals surface area contributed by atoms with Gasteiger partial charge in [0.2, 0.25) is 0 Å². The summed E-state index contributed by atoms with van der Waals surface area (Å²) >= 11 is 0. The van der Waals surface area contributed by atoms with Crippen molar-refractivity contribution in [3.05, 3.63) is 164 Å². The molecule has 1 aliphatic carbocycles. The summed E-state index contributed by atoms with van der Waals surface area (Å²) in [5, 5.41) is 4.84. The summed E-state index contributed by atoms with van der Waals surface area (Å²) in [5.41, 5.74) is 15.7. The van der Waals surface area contributed by atoms with Gasteiger partial charge in [-0.25, -0.2) is 4.98 Å². The summed E-state index contributed by atoms with van der Waals surface area (Å²) in [7, 11) is 0. The molecular weight excluding hydrogens is 571 g/mol. The van der Waals surface area contributed by atoms with Gasteiger partial charge in [0, 0.05) is 21.9 Å². The van der Waals surface area contributed by atoms with Crippen molar-refractivity contribution in [1.82, 2.24) is 4.98 Å². The van der Waals surface area contributed by atoms with E-state index in [2.05, 4.69) is 152 Å². The molecule has 0 fully saturated rings. The Hall–Kier alpha value is -6.25. The molecule has 2 heterocycles. The van der Waals surface area contributed by atoms with Crippen LogP contribution in [0.3, 0.4) is 0 Å². The van der Waals surface area contributed by atoms with Crippen molar-refractivity contribution < 1.29 is 4.42 Å². The van der Waals surface area contributed by atoms with Gasteiger partial charge in [0.1, 0.15) is 11.2 Å². The molecule has 2 heteroatoms. The van der Waals surface area contributed by atoms with Gasteiger partial charge >= 0.3 is 0 Å². The lowest BCUT2D eigenvalue weighted by Gasteiger charge is -2.12. The molecule has 218 valence electrons. The minimum atomic E-state index is 0.879. The first-order valence-electron chi connectivity index (χ1n) is 16.0. The van der Waals surface area contributed by atoms with E-state index in [1.165, 1.54) is 44.2 Å². The lowest BCUT2D eigenvalue weighted by Crippen LogP contribution is -1.91. The average molecular weight is 598 g/mol. The van der Waals surface area contributed by atoms with Gasteiger partial charge in [0.25, 0.3) is 0 Å². The summed E-state index contributed by atoms with van der Waals surface area (Å²) in [6.07, 6.45) is 0. The van der Waals surface area contributed by atoms with Crippen molar-refractivity contribution >= 4 is 32.7 Å². The fraction of sp³-hybridized carbons (Fsp3) is 0. The summed E-state index contributed by atoms with van der Waals surface area (Å²) in [6, 6.07) is 58.3. The van der Waals surface area contributed by atoms with E-state index in [0.717, 1.165) is 55.6 Å². The van der Waals surface area contributed by atoms with Crippen LogP contribution in [0.25, 0.3) is 99.7 Å². The lowest BCUT2D eigenvalue weighted by molar-refractivity contribution is 0.669. The molecule has 0 saturated carbocycles. The van der Waals surface area contributed by atoms with Crippen LogP contribution in [0.4, 0.5) is 0 Å². The zero-order valence-corrected chi connectivity index (χ0v) is 25.4. The lowest BCUT2D eigenvalue weighted by atomic mass is 9.92. The molecule has 0 N–H and O–H groups in total. The molecule has 7 aromatic carbocycles. The van der Waals surface area contributed by atoms with Gasteiger partial charge in [0.05, 0.1) is 11.4 Å². The molecular formula is C45H27NO. The normalized spacial score (nSPS) is 11.8. The van der Waals surface area contributed by atoms with Crippen LogP contribution in [0.5, 0.6) is 0 Å². The van der Waals surface area contributed by atoms with Crippen LogP contribution in [0.2, 0.25) is 0 Å². The Bertz CT molecular complexity index is 2580. The maximum Gasteiger partial charge on any atom is 0.136 e. The van der Waals surface area contributed by atoms with Gasteiger partial charge in [-0.15, -0.1) is 0 Å². The quantitative estimate of drug-likeness (QED) is 0.202. The van der Waals surface area contributed by atoms with Crippen LogP contribution in [0, 0.1) is 0 Å². The van der Waals surface area contributed by atoms with E-state index < -0.39 is 0 Å². The smallest absolute Gasteiger partial charge is 0.136 e. The second-order valence-corrected chi connectivity index (χ2v) is 12.3. The van der Waals surface area contributed by atoms with Crippen molar-refractivity contribution in [2.45, 2.75) is 0 Å². The minimum absolute atomic E-state index is 0.879. The van der Waals surface area contributed by atoms with Crippen molar-refractivity contribution in [3.63, 3.8) is 0 Å². The third-order valence-corrected chi connectivity index (χ3v) is 9.63. The van der Waals surface area contributed by atoms with Gasteiger partial charge in [-0.1, -0.05) is 133 Å². The molecule has 0 bridgehead atoms. The Morgan fingerprint density at radius 2 is 0.915 bits per heavy atom. The van der Waals surface area contributed by atoms with E-state index in [1.54, 1.807) is 0 Å². The third-order valence-electron chi connectivity index (χ3n) is 9.63. The number of fused-ring (bicyclic) bond motifs is 6. The largest absolute Gasteiger partial charge is 0.456 e. The van der Waals surface area contributed by atoms with Crippen molar-refractivity contribution in [1.29, 1.82) is 0 Å². The number of rotatable bonds is 4. The molecule has 2 aromatic heterocycles. The molecule has 9 aromatic rings. The molecule has 0 saturated heterocycles. The number of hydrogen-bond donors (Lipinski definition) is 0. The Morgan fingerprint density at radius 3 is 1.64 bits per heavy atom. The fourth-order valence-electron chi connectivity index (χ4n) is 7.49. The Labute approximate surface area is 272 Å². The topological polar surface area (TPSA) is 26.0 Å². The Balaban J connectivity index is 1.19. The van der Waals surface area contributed by atoms with Crippen molar-refractivity contribution in [3.8, 4) is 67.0 Å². The molecule has 0 radical (unpaired) electrons. The molecule has 0 spiro atoms. The second-order valence-electron chi connectivity index (χ2n) is 12.3. The number of pyridine rings is 1. The Morgan fingerprint density at radius 1 is 0.319 bits per heavy atom. The van der Waals surface area contributed by atoms with E-state index in [4.69, 9.17) is 9.40 Å². The van der Waals surface area contributed by atoms with Crippen molar-refractivity contribution in [2.75, 3.05) is 0 Å². The zero-order valence-electron chi connectivity index (χ0n) is 25.4. The Kier molecular flexibility index (Phi) is 5.61. The molecule has 0 unspecified atom stereocenters. The van der Waals surface area contributed by atoms with Crippen LogP contribution < -0.4 is 0 Å². The van der Waals surface area contributed by atoms with E-state index in [-0.39, 0.29) is 0 Å². The fourth-order valence-corrected chi connectivity index (χ4v) is 7.49. The number of benzene rings is 7. The van der Waals surface area contributed by atoms with E-state index in [9.17, 15) is 0 Å². The maximum atomic E-state index is 6.50. The molecule has 0 aliphatic heterocycles. The van der Waals surface area contributed by atoms with Crippen molar-refractivity contribution in [2.24, 2.45) is 0 Å². The molecule has 0 atom stereocenters. The predicted molar refractivity (Wildman–Crippen MR) is 195 cm³/mol. The third kappa shape index (κ3) is 4.02. The van der Waals surface area contributed by atoms with Crippen LogP contribution >= 0.6 is 0 Å². The standard InChI is InChI=1S/C45H27NO/c1-3-11-28(12-4-1)40-26-31(27-41(46-40)29-13-5-2-6-14-29)33-17-10-20-43-45(33)39-25-30(21-24-42(39)47-43)32-22-23-38-35-16-8-7-15-34(35)37-19-9-18-36(32)44(37)38/h1-27H. The highest BCUT2D eigenvalue weighted by Gasteiger charge is 2.23. The van der Waals surface area contributed by atoms with Gasteiger partial charge in [-0.3, -0.25) is 0 Å². The molecule has 0 amide bonds. The van der Waals surface area contributed by atoms with Gasteiger partial charge in [0.15, 0.2) is 0 Å². The summed E-state index contributed by atoms with van der Waals surface area (Å²) in [6.45, 7) is 0. The van der Waals surface area contributed by atoms with E-state index in [1.807, 2.05) is 12.1 Å². The summed E-state index contributed by atoms with van der Waals surface area (Å²) in [4.78, 5) is 5.12. The number of hydrogen-bond acceptors (Lipinski definition) is 2. The monoisotopic (exact) mass is 597 g/mol. The van der Waals surface area contributed by atoms with Crippen LogP contribution in [-0.4, -0.2) is 4.98 Å². The predicted octanol–water partition coefficient (Wildman–Crippen LogP) is 12.4. The molecule has 2 nitrogen and oxygen atoms in total. The van der Waals surface area contributed by atoms with Crippen LogP contribution in [0.15, 0.2) is 168 Å². The van der Waals surface area contributed by atoms with Gasteiger partial charge < -0.3 is 4.42 Å². The SMILES string of the molecule is c1ccc(-c2cc(-c3cccc4oc5ccc(-c6ccc7c8c(cccc68)-c6ccccc6-7)cc5c34)cc(-c3ccccc3)n2)cc1. The number of aromatic nitrogens is 1. The number of furan rings is 1. The summed E-state index contributed by atoms with van der Waals surface area (Å²) in [5.74, 6) is 0. The molecule has 1 aliphatic rings. The van der Waals surface area contributed by atoms with Crippen LogP contribution in [-0.2, 0) is 0 Å². The highest BCUT2D eigenvalue weighted by molar-refractivity contribution is 6.19. The zero-order chi connectivity index (χ0) is 30.9. The van der Waals surface area contributed by atoms with Gasteiger partial charge in [-0.05, 0) is 85.6 Å². The first-order valence-corrected chi connectivity index (χ1v) is 16.0.